The first kappa shape index (κ1) is 18.7. The Bertz CT molecular complexity index is 637. The van der Waals surface area contributed by atoms with Gasteiger partial charge in [0.2, 0.25) is 10.0 Å². The van der Waals surface area contributed by atoms with Crippen molar-refractivity contribution in [2.24, 2.45) is 0 Å². The van der Waals surface area contributed by atoms with Gasteiger partial charge < -0.3 is 14.5 Å². The highest BCUT2D eigenvalue weighted by molar-refractivity contribution is 7.88. The summed E-state index contributed by atoms with van der Waals surface area (Å²) in [6, 6.07) is 1.97. The van der Waals surface area contributed by atoms with Gasteiger partial charge in [-0.1, -0.05) is 0 Å². The number of morpholine rings is 1. The van der Waals surface area contributed by atoms with E-state index in [1.54, 1.807) is 11.1 Å². The number of carbonyl (C=O) groups excluding carboxylic acids is 1. The van der Waals surface area contributed by atoms with Crippen molar-refractivity contribution >= 4 is 15.9 Å². The molecule has 2 fully saturated rings. The van der Waals surface area contributed by atoms with E-state index in [4.69, 9.17) is 4.74 Å². The van der Waals surface area contributed by atoms with Gasteiger partial charge in [-0.05, 0) is 13.8 Å². The van der Waals surface area contributed by atoms with Crippen molar-refractivity contribution in [3.63, 3.8) is 0 Å². The second-order valence-corrected chi connectivity index (χ2v) is 8.30. The molecule has 2 rings (SSSR count). The molecule has 0 bridgehead atoms. The van der Waals surface area contributed by atoms with E-state index in [2.05, 4.69) is 0 Å². The molecule has 2 saturated heterocycles. The zero-order valence-corrected chi connectivity index (χ0v) is 15.1. The van der Waals surface area contributed by atoms with Crippen LogP contribution in [0.3, 0.4) is 0 Å². The third-order valence-corrected chi connectivity index (χ3v) is 5.41. The molecular formula is C15H24N4O4S. The van der Waals surface area contributed by atoms with Crippen molar-refractivity contribution in [2.75, 3.05) is 45.5 Å². The van der Waals surface area contributed by atoms with E-state index in [1.165, 1.54) is 10.6 Å². The first-order chi connectivity index (χ1) is 11.2. The Balaban J connectivity index is 2.02. The van der Waals surface area contributed by atoms with Gasteiger partial charge in [0, 0.05) is 45.5 Å². The number of rotatable bonds is 3. The number of hydrogen-bond donors (Lipinski definition) is 0. The fourth-order valence-electron chi connectivity index (χ4n) is 2.99. The molecule has 0 saturated carbocycles. The van der Waals surface area contributed by atoms with Crippen molar-refractivity contribution in [1.82, 2.24) is 14.1 Å². The Morgan fingerprint density at radius 3 is 2.17 bits per heavy atom. The van der Waals surface area contributed by atoms with Crippen LogP contribution >= 0.6 is 0 Å². The van der Waals surface area contributed by atoms with Crippen LogP contribution in [0.15, 0.2) is 11.8 Å². The van der Waals surface area contributed by atoms with Gasteiger partial charge in [0.15, 0.2) is 0 Å². The molecule has 0 spiro atoms. The van der Waals surface area contributed by atoms with Crippen molar-refractivity contribution < 1.29 is 17.9 Å². The number of hydrogen-bond acceptors (Lipinski definition) is 6. The lowest BCUT2D eigenvalue weighted by atomic mass is 10.2. The van der Waals surface area contributed by atoms with E-state index in [1.807, 2.05) is 24.8 Å². The number of carbonyl (C=O) groups is 1. The molecule has 0 N–H and O–H groups in total. The van der Waals surface area contributed by atoms with Crippen LogP contribution in [0.2, 0.25) is 0 Å². The van der Waals surface area contributed by atoms with Crippen molar-refractivity contribution in [3.05, 3.63) is 11.8 Å². The molecular weight excluding hydrogens is 332 g/mol. The minimum atomic E-state index is -3.20. The number of nitrogens with zero attached hydrogens (tertiary/aromatic N) is 4. The Hall–Kier alpha value is -1.63. The molecule has 2 aliphatic heterocycles. The zero-order chi connectivity index (χ0) is 17.9. The molecule has 0 aliphatic carbocycles. The average Bonchev–Trinajstić information content (AvgIpc) is 2.50. The molecule has 1 amide bonds. The second-order valence-electron chi connectivity index (χ2n) is 6.32. The Kier molecular flexibility index (Phi) is 5.85. The fourth-order valence-corrected chi connectivity index (χ4v) is 3.82. The van der Waals surface area contributed by atoms with Crippen molar-refractivity contribution in [3.8, 4) is 6.07 Å². The Labute approximate surface area is 143 Å². The van der Waals surface area contributed by atoms with E-state index in [0.717, 1.165) is 0 Å². The highest BCUT2D eigenvalue weighted by Gasteiger charge is 2.29. The van der Waals surface area contributed by atoms with Gasteiger partial charge in [-0.25, -0.2) is 8.42 Å². The SMILES string of the molecule is CC1CN(C(=O)/C(C#N)=C\N2CCN(S(C)(=O)=O)CC2)CC(C)O1. The van der Waals surface area contributed by atoms with E-state index in [0.29, 0.717) is 39.3 Å². The van der Waals surface area contributed by atoms with Crippen LogP contribution in [-0.2, 0) is 19.6 Å². The molecule has 2 heterocycles. The maximum Gasteiger partial charge on any atom is 0.266 e. The summed E-state index contributed by atoms with van der Waals surface area (Å²) >= 11 is 0. The summed E-state index contributed by atoms with van der Waals surface area (Å²) < 4.78 is 30.0. The summed E-state index contributed by atoms with van der Waals surface area (Å²) in [5.74, 6) is -0.301. The van der Waals surface area contributed by atoms with Gasteiger partial charge in [0.1, 0.15) is 11.6 Å². The summed E-state index contributed by atoms with van der Waals surface area (Å²) in [5, 5.41) is 9.34. The van der Waals surface area contributed by atoms with E-state index >= 15 is 0 Å². The van der Waals surface area contributed by atoms with Crippen molar-refractivity contribution in [2.45, 2.75) is 26.1 Å². The molecule has 9 heteroatoms. The highest BCUT2D eigenvalue weighted by atomic mass is 32.2. The lowest BCUT2D eigenvalue weighted by Gasteiger charge is -2.36. The molecule has 2 aliphatic rings. The average molecular weight is 356 g/mol. The quantitative estimate of drug-likeness (QED) is 0.505. The highest BCUT2D eigenvalue weighted by Crippen LogP contribution is 2.15. The Morgan fingerprint density at radius 2 is 1.71 bits per heavy atom. The summed E-state index contributed by atoms with van der Waals surface area (Å²) in [7, 11) is -3.20. The van der Waals surface area contributed by atoms with Crippen molar-refractivity contribution in [1.29, 1.82) is 5.26 Å². The summed E-state index contributed by atoms with van der Waals surface area (Å²) in [6.45, 7) is 6.35. The van der Waals surface area contributed by atoms with Gasteiger partial charge in [-0.2, -0.15) is 9.57 Å². The summed E-state index contributed by atoms with van der Waals surface area (Å²) in [4.78, 5) is 16.0. The summed E-state index contributed by atoms with van der Waals surface area (Å²) in [5.41, 5.74) is 0.0732. The molecule has 0 radical (unpaired) electrons. The molecule has 2 unspecified atom stereocenters. The van der Waals surface area contributed by atoms with Gasteiger partial charge in [-0.3, -0.25) is 4.79 Å². The maximum absolute atomic E-state index is 12.6. The van der Waals surface area contributed by atoms with Gasteiger partial charge in [-0.15, -0.1) is 0 Å². The molecule has 134 valence electrons. The van der Waals surface area contributed by atoms with E-state index in [9.17, 15) is 18.5 Å². The third kappa shape index (κ3) is 4.69. The molecule has 8 nitrogen and oxygen atoms in total. The standard InChI is InChI=1S/C15H24N4O4S/c1-12-9-18(10-13(2)23-12)15(20)14(8-16)11-17-4-6-19(7-5-17)24(3,21)22/h11-13H,4-7,9-10H2,1-3H3/b14-11-. The topological polar surface area (TPSA) is 94.0 Å². The predicted molar refractivity (Wildman–Crippen MR) is 88.3 cm³/mol. The molecule has 24 heavy (non-hydrogen) atoms. The molecule has 2 atom stereocenters. The molecule has 0 aromatic rings. The molecule has 0 aromatic heterocycles. The normalized spacial score (nSPS) is 27.0. The smallest absolute Gasteiger partial charge is 0.266 e. The number of sulfonamides is 1. The first-order valence-electron chi connectivity index (χ1n) is 7.96. The second kappa shape index (κ2) is 7.51. The lowest BCUT2D eigenvalue weighted by Crippen LogP contribution is -2.49. The van der Waals surface area contributed by atoms with Gasteiger partial charge in [0.05, 0.1) is 18.5 Å². The first-order valence-corrected chi connectivity index (χ1v) is 9.81. The third-order valence-electron chi connectivity index (χ3n) is 4.11. The Morgan fingerprint density at radius 1 is 1.17 bits per heavy atom. The predicted octanol–water partition coefficient (Wildman–Crippen LogP) is -0.393. The minimum absolute atomic E-state index is 0.0593. The fraction of sp³-hybridized carbons (Fsp3) is 0.733. The van der Waals surface area contributed by atoms with Crippen LogP contribution in [-0.4, -0.2) is 86.2 Å². The van der Waals surface area contributed by atoms with Gasteiger partial charge in [0.25, 0.3) is 5.91 Å². The minimum Gasteiger partial charge on any atom is -0.373 e. The van der Waals surface area contributed by atoms with E-state index < -0.39 is 10.0 Å². The van der Waals surface area contributed by atoms with Crippen LogP contribution in [0.4, 0.5) is 0 Å². The van der Waals surface area contributed by atoms with Crippen LogP contribution < -0.4 is 0 Å². The van der Waals surface area contributed by atoms with Crippen LogP contribution in [0.25, 0.3) is 0 Å². The van der Waals surface area contributed by atoms with Gasteiger partial charge >= 0.3 is 0 Å². The summed E-state index contributed by atoms with van der Waals surface area (Å²) in [6.07, 6.45) is 2.61. The maximum atomic E-state index is 12.6. The number of ether oxygens (including phenoxy) is 1. The number of nitriles is 1. The monoisotopic (exact) mass is 356 g/mol. The lowest BCUT2D eigenvalue weighted by molar-refractivity contribution is -0.138. The largest absolute Gasteiger partial charge is 0.373 e. The van der Waals surface area contributed by atoms with Crippen LogP contribution in [0.1, 0.15) is 13.8 Å². The number of amides is 1. The van der Waals surface area contributed by atoms with E-state index in [-0.39, 0.29) is 23.7 Å². The zero-order valence-electron chi connectivity index (χ0n) is 14.3. The van der Waals surface area contributed by atoms with Crippen LogP contribution in [0.5, 0.6) is 0 Å². The van der Waals surface area contributed by atoms with Crippen LogP contribution in [0, 0.1) is 11.3 Å². The molecule has 0 aromatic carbocycles. The number of piperazine rings is 1.